The SMILES string of the molecule is CC[C@@H](c1cccc(Cl)c1)N1CC(NC(=O)c2cnn(C3CC3)c2)C1.S. The van der Waals surface area contributed by atoms with E-state index in [9.17, 15) is 4.79 Å². The Morgan fingerprint density at radius 3 is 2.81 bits per heavy atom. The lowest BCUT2D eigenvalue weighted by Gasteiger charge is -2.44. The van der Waals surface area contributed by atoms with Crippen molar-refractivity contribution in [3.8, 4) is 0 Å². The number of likely N-dealkylation sites (tertiary alicyclic amines) is 1. The lowest BCUT2D eigenvalue weighted by Crippen LogP contribution is -2.59. The van der Waals surface area contributed by atoms with Crippen LogP contribution in [0.2, 0.25) is 5.02 Å². The number of hydrogen-bond acceptors (Lipinski definition) is 3. The topological polar surface area (TPSA) is 50.2 Å². The van der Waals surface area contributed by atoms with Crippen molar-refractivity contribution in [1.29, 1.82) is 0 Å². The molecule has 1 atom stereocenters. The molecule has 2 heterocycles. The van der Waals surface area contributed by atoms with Crippen molar-refractivity contribution < 1.29 is 4.79 Å². The standard InChI is InChI=1S/C19H23ClN4O.H2S/c1-2-18(13-4-3-5-15(20)8-13)23-11-16(12-23)22-19(25)14-9-21-24(10-14)17-6-7-17;/h3-5,8-10,16-18H,2,6-7,11-12H2,1H3,(H,22,25);1H2/t18-;/m0./s1. The molecule has 0 unspecified atom stereocenters. The second-order valence-electron chi connectivity index (χ2n) is 7.04. The van der Waals surface area contributed by atoms with Gasteiger partial charge >= 0.3 is 0 Å². The molecule has 0 radical (unpaired) electrons. The maximum atomic E-state index is 12.4. The maximum Gasteiger partial charge on any atom is 0.254 e. The van der Waals surface area contributed by atoms with Crippen molar-refractivity contribution in [3.63, 3.8) is 0 Å². The number of aromatic nitrogens is 2. The van der Waals surface area contributed by atoms with Gasteiger partial charge in [0, 0.05) is 30.4 Å². The van der Waals surface area contributed by atoms with Crippen LogP contribution in [-0.2, 0) is 0 Å². The van der Waals surface area contributed by atoms with Crippen LogP contribution in [0.15, 0.2) is 36.7 Å². The molecule has 1 aliphatic heterocycles. The number of nitrogens with one attached hydrogen (secondary N) is 1. The van der Waals surface area contributed by atoms with Gasteiger partial charge in [0.2, 0.25) is 0 Å². The number of carbonyl (C=O) groups excluding carboxylic acids is 1. The van der Waals surface area contributed by atoms with Crippen molar-refractivity contribution in [2.45, 2.75) is 44.3 Å². The highest BCUT2D eigenvalue weighted by Gasteiger charge is 2.33. The highest BCUT2D eigenvalue weighted by Crippen LogP contribution is 2.34. The Bertz CT molecular complexity index is 770. The molecule has 140 valence electrons. The molecule has 26 heavy (non-hydrogen) atoms. The molecule has 5 nitrogen and oxygen atoms in total. The number of rotatable bonds is 6. The summed E-state index contributed by atoms with van der Waals surface area (Å²) in [5.41, 5.74) is 1.90. The molecule has 1 aromatic carbocycles. The van der Waals surface area contributed by atoms with Gasteiger partial charge < -0.3 is 5.32 Å². The zero-order valence-corrected chi connectivity index (χ0v) is 16.6. The maximum absolute atomic E-state index is 12.4. The van der Waals surface area contributed by atoms with Crippen LogP contribution in [0.5, 0.6) is 0 Å². The molecule has 0 spiro atoms. The summed E-state index contributed by atoms with van der Waals surface area (Å²) in [4.78, 5) is 14.8. The molecule has 2 aliphatic rings. The van der Waals surface area contributed by atoms with Gasteiger partial charge in [-0.15, -0.1) is 0 Å². The number of nitrogens with zero attached hydrogens (tertiary/aromatic N) is 3. The Hall–Kier alpha value is -1.50. The summed E-state index contributed by atoms with van der Waals surface area (Å²) in [6, 6.07) is 9.11. The quantitative estimate of drug-likeness (QED) is 0.817. The highest BCUT2D eigenvalue weighted by molar-refractivity contribution is 7.59. The Morgan fingerprint density at radius 2 is 2.15 bits per heavy atom. The van der Waals surface area contributed by atoms with E-state index >= 15 is 0 Å². The number of halogens is 1. The molecule has 1 aliphatic carbocycles. The molecule has 1 saturated heterocycles. The molecule has 2 aromatic rings. The normalized spacial score (nSPS) is 18.7. The minimum absolute atomic E-state index is 0. The van der Waals surface area contributed by atoms with Gasteiger partial charge in [0.15, 0.2) is 0 Å². The van der Waals surface area contributed by atoms with E-state index in [1.165, 1.54) is 18.4 Å². The zero-order chi connectivity index (χ0) is 17.4. The second kappa shape index (κ2) is 8.03. The average molecular weight is 393 g/mol. The minimum Gasteiger partial charge on any atom is -0.347 e. The fourth-order valence-electron chi connectivity index (χ4n) is 3.54. The Morgan fingerprint density at radius 1 is 1.38 bits per heavy atom. The molecule has 1 aromatic heterocycles. The number of hydrogen-bond donors (Lipinski definition) is 1. The lowest BCUT2D eigenvalue weighted by molar-refractivity contribution is 0.0618. The van der Waals surface area contributed by atoms with E-state index in [1.54, 1.807) is 6.20 Å². The lowest BCUT2D eigenvalue weighted by atomic mass is 9.97. The summed E-state index contributed by atoms with van der Waals surface area (Å²) in [6.07, 6.45) is 6.90. The van der Waals surface area contributed by atoms with Crippen molar-refractivity contribution in [1.82, 2.24) is 20.0 Å². The van der Waals surface area contributed by atoms with Crippen LogP contribution in [-0.4, -0.2) is 39.7 Å². The van der Waals surface area contributed by atoms with Crippen molar-refractivity contribution >= 4 is 31.0 Å². The first-order valence-electron chi connectivity index (χ1n) is 8.98. The van der Waals surface area contributed by atoms with E-state index in [4.69, 9.17) is 11.6 Å². The number of amides is 1. The average Bonchev–Trinajstić information content (AvgIpc) is 3.30. The van der Waals surface area contributed by atoms with E-state index in [2.05, 4.69) is 28.3 Å². The fourth-order valence-corrected chi connectivity index (χ4v) is 3.74. The molecule has 7 heteroatoms. The summed E-state index contributed by atoms with van der Waals surface area (Å²) in [5.74, 6) is -0.0210. The van der Waals surface area contributed by atoms with E-state index in [0.29, 0.717) is 17.6 Å². The van der Waals surface area contributed by atoms with Crippen LogP contribution in [0, 0.1) is 0 Å². The van der Waals surface area contributed by atoms with Crippen LogP contribution >= 0.6 is 25.1 Å². The predicted octanol–water partition coefficient (Wildman–Crippen LogP) is 3.55. The first kappa shape index (κ1) is 19.3. The van der Waals surface area contributed by atoms with Crippen molar-refractivity contribution in [3.05, 3.63) is 52.8 Å². The van der Waals surface area contributed by atoms with Gasteiger partial charge in [0.25, 0.3) is 5.91 Å². The first-order chi connectivity index (χ1) is 12.1. The molecule has 2 fully saturated rings. The first-order valence-corrected chi connectivity index (χ1v) is 9.36. The third-order valence-electron chi connectivity index (χ3n) is 5.09. The highest BCUT2D eigenvalue weighted by atomic mass is 35.5. The fraction of sp³-hybridized carbons (Fsp3) is 0.474. The van der Waals surface area contributed by atoms with Crippen LogP contribution in [0.25, 0.3) is 0 Å². The van der Waals surface area contributed by atoms with Gasteiger partial charge in [-0.3, -0.25) is 14.4 Å². The summed E-state index contributed by atoms with van der Waals surface area (Å²) < 4.78 is 1.91. The summed E-state index contributed by atoms with van der Waals surface area (Å²) in [6.45, 7) is 3.92. The summed E-state index contributed by atoms with van der Waals surface area (Å²) in [7, 11) is 0. The second-order valence-corrected chi connectivity index (χ2v) is 7.48. The van der Waals surface area contributed by atoms with E-state index in [1.807, 2.05) is 29.1 Å². The van der Waals surface area contributed by atoms with Gasteiger partial charge in [0.1, 0.15) is 0 Å². The Balaban J connectivity index is 0.00000196. The molecule has 1 amide bonds. The number of benzene rings is 1. The molecule has 1 N–H and O–H groups in total. The van der Waals surface area contributed by atoms with Crippen molar-refractivity contribution in [2.75, 3.05) is 13.1 Å². The van der Waals surface area contributed by atoms with Gasteiger partial charge in [-0.1, -0.05) is 30.7 Å². The molecule has 4 rings (SSSR count). The van der Waals surface area contributed by atoms with Crippen molar-refractivity contribution in [2.24, 2.45) is 0 Å². The smallest absolute Gasteiger partial charge is 0.254 e. The van der Waals surface area contributed by atoms with Gasteiger partial charge in [-0.25, -0.2) is 0 Å². The van der Waals surface area contributed by atoms with Gasteiger partial charge in [-0.2, -0.15) is 18.6 Å². The summed E-state index contributed by atoms with van der Waals surface area (Å²) in [5, 5.41) is 8.18. The Kier molecular flexibility index (Phi) is 5.95. The van der Waals surface area contributed by atoms with E-state index < -0.39 is 0 Å². The van der Waals surface area contributed by atoms with Crippen LogP contribution in [0.3, 0.4) is 0 Å². The third kappa shape index (κ3) is 4.08. The predicted molar refractivity (Wildman–Crippen MR) is 108 cm³/mol. The monoisotopic (exact) mass is 392 g/mol. The van der Waals surface area contributed by atoms with E-state index in [-0.39, 0.29) is 25.4 Å². The largest absolute Gasteiger partial charge is 0.347 e. The van der Waals surface area contributed by atoms with E-state index in [0.717, 1.165) is 24.5 Å². The van der Waals surface area contributed by atoms with Gasteiger partial charge in [0.05, 0.1) is 23.8 Å². The van der Waals surface area contributed by atoms with Crippen LogP contribution < -0.4 is 5.32 Å². The minimum atomic E-state index is -0.0210. The van der Waals surface area contributed by atoms with Gasteiger partial charge in [-0.05, 0) is 37.0 Å². The molecular weight excluding hydrogens is 368 g/mol. The molecule has 0 bridgehead atoms. The molecular formula is C19H25ClN4OS. The third-order valence-corrected chi connectivity index (χ3v) is 5.33. The molecule has 1 saturated carbocycles. The zero-order valence-electron chi connectivity index (χ0n) is 14.9. The number of carbonyl (C=O) groups is 1. The summed E-state index contributed by atoms with van der Waals surface area (Å²) >= 11 is 6.12. The Labute approximate surface area is 166 Å². The van der Waals surface area contributed by atoms with Crippen LogP contribution in [0.1, 0.15) is 54.2 Å². The van der Waals surface area contributed by atoms with Crippen LogP contribution in [0.4, 0.5) is 0 Å².